The molecule has 0 spiro atoms. The Hall–Kier alpha value is -1.70. The molecule has 2 aromatic carbocycles. The summed E-state index contributed by atoms with van der Waals surface area (Å²) in [6.45, 7) is 4.27. The van der Waals surface area contributed by atoms with Gasteiger partial charge in [-0.2, -0.15) is 0 Å². The van der Waals surface area contributed by atoms with Crippen LogP contribution < -0.4 is 0 Å². The van der Waals surface area contributed by atoms with Crippen LogP contribution in [0.1, 0.15) is 95.1 Å². The maximum atomic E-state index is 15.5. The summed E-state index contributed by atoms with van der Waals surface area (Å²) in [5.41, 5.74) is 1.69. The zero-order valence-electron chi connectivity index (χ0n) is 19.3. The van der Waals surface area contributed by atoms with Crippen LogP contribution in [0.25, 0.3) is 10.8 Å². The van der Waals surface area contributed by atoms with Gasteiger partial charge in [-0.05, 0) is 98.1 Å². The van der Waals surface area contributed by atoms with Gasteiger partial charge in [0.05, 0.1) is 5.39 Å². The van der Waals surface area contributed by atoms with Gasteiger partial charge < -0.3 is 0 Å². The van der Waals surface area contributed by atoms with Gasteiger partial charge in [-0.25, -0.2) is 8.78 Å². The van der Waals surface area contributed by atoms with E-state index in [9.17, 15) is 4.39 Å². The number of hydrogen-bond donors (Lipinski definition) is 0. The van der Waals surface area contributed by atoms with Gasteiger partial charge in [-0.3, -0.25) is 0 Å². The maximum absolute atomic E-state index is 15.5. The second-order valence-corrected chi connectivity index (χ2v) is 10.1. The van der Waals surface area contributed by atoms with Crippen molar-refractivity contribution in [3.63, 3.8) is 0 Å². The molecule has 0 saturated heterocycles. The summed E-state index contributed by atoms with van der Waals surface area (Å²) in [6.07, 6.45) is 17.2. The zero-order valence-corrected chi connectivity index (χ0v) is 19.3. The van der Waals surface area contributed by atoms with Crippen molar-refractivity contribution in [3.8, 4) is 0 Å². The first-order valence-corrected chi connectivity index (χ1v) is 12.6. The van der Waals surface area contributed by atoms with Crippen LogP contribution in [0, 0.1) is 29.4 Å². The molecule has 0 nitrogen and oxygen atoms in total. The molecular weight excluding hydrogens is 386 g/mol. The lowest BCUT2D eigenvalue weighted by Crippen LogP contribution is -2.30. The van der Waals surface area contributed by atoms with E-state index < -0.39 is 5.82 Å². The van der Waals surface area contributed by atoms with Crippen LogP contribution in [0.2, 0.25) is 0 Å². The number of fused-ring (bicyclic) bond motifs is 2. The third-order valence-electron chi connectivity index (χ3n) is 8.06. The summed E-state index contributed by atoms with van der Waals surface area (Å²) >= 11 is 0. The Morgan fingerprint density at radius 3 is 2.61 bits per heavy atom. The highest BCUT2D eigenvalue weighted by Gasteiger charge is 2.36. The van der Waals surface area contributed by atoms with E-state index in [1.54, 1.807) is 0 Å². The average Bonchev–Trinajstić information content (AvgIpc) is 2.77. The number of allylic oxidation sites excluding steroid dienone is 2. The van der Waals surface area contributed by atoms with Crippen LogP contribution in [0.4, 0.5) is 8.78 Å². The first-order chi connectivity index (χ1) is 15.1. The summed E-state index contributed by atoms with van der Waals surface area (Å²) in [4.78, 5) is 0. The Balaban J connectivity index is 1.49. The second-order valence-electron chi connectivity index (χ2n) is 10.1. The molecule has 0 radical (unpaired) electrons. The Morgan fingerprint density at radius 1 is 1.00 bits per heavy atom. The van der Waals surface area contributed by atoms with Crippen molar-refractivity contribution in [3.05, 3.63) is 59.2 Å². The fourth-order valence-electron chi connectivity index (χ4n) is 6.35. The fourth-order valence-corrected chi connectivity index (χ4v) is 6.35. The lowest BCUT2D eigenvalue weighted by molar-refractivity contribution is 0.113. The molecule has 2 saturated carbocycles. The average molecular weight is 425 g/mol. The Bertz CT molecular complexity index is 913. The van der Waals surface area contributed by atoms with Crippen LogP contribution in [0.3, 0.4) is 0 Å². The minimum Gasteiger partial charge on any atom is -0.206 e. The lowest BCUT2D eigenvalue weighted by atomic mass is 9.63. The molecule has 0 aliphatic heterocycles. The normalized spacial score (nSPS) is 26.5. The molecule has 31 heavy (non-hydrogen) atoms. The van der Waals surface area contributed by atoms with Gasteiger partial charge in [0.15, 0.2) is 0 Å². The van der Waals surface area contributed by atoms with Crippen molar-refractivity contribution in [2.24, 2.45) is 17.8 Å². The van der Waals surface area contributed by atoms with E-state index in [1.807, 2.05) is 31.2 Å². The van der Waals surface area contributed by atoms with Gasteiger partial charge in [-0.1, -0.05) is 63.0 Å². The van der Waals surface area contributed by atoms with Crippen molar-refractivity contribution in [1.29, 1.82) is 0 Å². The van der Waals surface area contributed by atoms with Gasteiger partial charge in [0.1, 0.15) is 11.6 Å². The number of benzene rings is 2. The topological polar surface area (TPSA) is 0 Å². The zero-order chi connectivity index (χ0) is 21.8. The molecule has 0 heterocycles. The molecule has 2 unspecified atom stereocenters. The molecule has 4 rings (SSSR count). The molecule has 2 aliphatic carbocycles. The first-order valence-electron chi connectivity index (χ1n) is 12.6. The molecule has 2 aromatic rings. The highest BCUT2D eigenvalue weighted by atomic mass is 19.1. The van der Waals surface area contributed by atoms with Crippen molar-refractivity contribution in [2.45, 2.75) is 90.4 Å². The summed E-state index contributed by atoms with van der Waals surface area (Å²) in [5, 5.41) is 0.888. The van der Waals surface area contributed by atoms with E-state index in [-0.39, 0.29) is 17.1 Å². The highest BCUT2D eigenvalue weighted by Crippen LogP contribution is 2.49. The van der Waals surface area contributed by atoms with Crippen molar-refractivity contribution in [2.75, 3.05) is 0 Å². The number of aryl methyl sites for hydroxylation is 1. The van der Waals surface area contributed by atoms with Crippen LogP contribution in [0.5, 0.6) is 0 Å². The molecule has 2 fully saturated rings. The first kappa shape index (κ1) is 22.5. The van der Waals surface area contributed by atoms with E-state index in [0.717, 1.165) is 54.6 Å². The predicted molar refractivity (Wildman–Crippen MR) is 127 cm³/mol. The third-order valence-corrected chi connectivity index (χ3v) is 8.06. The molecule has 4 atom stereocenters. The van der Waals surface area contributed by atoms with Crippen molar-refractivity contribution >= 4 is 10.8 Å². The number of halogens is 2. The summed E-state index contributed by atoms with van der Waals surface area (Å²) in [7, 11) is 0. The Labute approximate surface area is 187 Å². The predicted octanol–water partition coefficient (Wildman–Crippen LogP) is 9.12. The number of unbranched alkanes of at least 4 members (excludes halogenated alkanes) is 1. The molecule has 0 N–H and O–H groups in total. The standard InChI is InChI=1S/C29H38F2/c1-3-5-7-9-21-17-25-14-15-26(29(31)28(25)27(30)18-21)24-13-12-22-16-20(8-6-4-2)10-11-23(22)19-24/h3,5,14-15,17-18,20,22-24H,4,6-13,16,19H2,1-2H3/b5-3+/t20?,22-,23?,24-/m1/s1. The SMILES string of the molecule is C/C=C/CCc1cc(F)c2c(F)c([C@@H]3CC[C@@H]4CC(CCCC)CCC4C3)ccc2c1. The van der Waals surface area contributed by atoms with E-state index in [1.165, 1.54) is 51.0 Å². The van der Waals surface area contributed by atoms with Crippen LogP contribution in [-0.4, -0.2) is 0 Å². The van der Waals surface area contributed by atoms with Crippen molar-refractivity contribution < 1.29 is 8.78 Å². The van der Waals surface area contributed by atoms with Crippen molar-refractivity contribution in [1.82, 2.24) is 0 Å². The largest absolute Gasteiger partial charge is 0.206 e. The molecule has 2 heteroatoms. The maximum Gasteiger partial charge on any atom is 0.137 e. The minimum atomic E-state index is -0.405. The van der Waals surface area contributed by atoms with Gasteiger partial charge in [0, 0.05) is 0 Å². The summed E-state index contributed by atoms with van der Waals surface area (Å²) in [5.74, 6) is 1.99. The van der Waals surface area contributed by atoms with Crippen LogP contribution in [-0.2, 0) is 6.42 Å². The number of rotatable bonds is 7. The summed E-state index contributed by atoms with van der Waals surface area (Å²) in [6, 6.07) is 7.39. The molecule has 2 aliphatic rings. The van der Waals surface area contributed by atoms with E-state index in [2.05, 4.69) is 13.0 Å². The van der Waals surface area contributed by atoms with E-state index in [4.69, 9.17) is 0 Å². The van der Waals surface area contributed by atoms with Crippen LogP contribution >= 0.6 is 0 Å². The van der Waals surface area contributed by atoms with Gasteiger partial charge in [0.2, 0.25) is 0 Å². The monoisotopic (exact) mass is 424 g/mol. The van der Waals surface area contributed by atoms with E-state index >= 15 is 4.39 Å². The fraction of sp³-hybridized carbons (Fsp3) is 0.586. The summed E-state index contributed by atoms with van der Waals surface area (Å²) < 4.78 is 30.4. The van der Waals surface area contributed by atoms with Gasteiger partial charge in [0.25, 0.3) is 0 Å². The lowest BCUT2D eigenvalue weighted by Gasteiger charge is -2.42. The minimum absolute atomic E-state index is 0.192. The van der Waals surface area contributed by atoms with Gasteiger partial charge in [-0.15, -0.1) is 0 Å². The molecule has 0 amide bonds. The van der Waals surface area contributed by atoms with Crippen LogP contribution in [0.15, 0.2) is 36.4 Å². The quantitative estimate of drug-likeness (QED) is 0.389. The molecule has 0 aromatic heterocycles. The molecule has 168 valence electrons. The number of hydrogen-bond acceptors (Lipinski definition) is 0. The second kappa shape index (κ2) is 10.3. The van der Waals surface area contributed by atoms with Gasteiger partial charge >= 0.3 is 0 Å². The Morgan fingerprint density at radius 2 is 1.81 bits per heavy atom. The molecular formula is C29H38F2. The third kappa shape index (κ3) is 5.04. The highest BCUT2D eigenvalue weighted by molar-refractivity contribution is 5.85. The van der Waals surface area contributed by atoms with E-state index in [0.29, 0.717) is 5.39 Å². The smallest absolute Gasteiger partial charge is 0.137 e. The molecule has 0 bridgehead atoms. The Kier molecular flexibility index (Phi) is 7.46.